The Morgan fingerprint density at radius 1 is 1.38 bits per heavy atom. The van der Waals surface area contributed by atoms with Gasteiger partial charge in [-0.3, -0.25) is 10.7 Å². The van der Waals surface area contributed by atoms with Crippen molar-refractivity contribution in [2.75, 3.05) is 0 Å². The zero-order valence-electron chi connectivity index (χ0n) is 8.59. The molecule has 1 aliphatic heterocycles. The molecule has 0 spiro atoms. The van der Waals surface area contributed by atoms with E-state index in [9.17, 15) is 0 Å². The van der Waals surface area contributed by atoms with Crippen LogP contribution in [0.1, 0.15) is 5.56 Å². The number of nitrogens with one attached hydrogen (secondary N) is 1. The monoisotopic (exact) mass is 219 g/mol. The highest BCUT2D eigenvalue weighted by Gasteiger charge is 2.28. The predicted molar refractivity (Wildman–Crippen MR) is 61.2 cm³/mol. The van der Waals surface area contributed by atoms with Crippen molar-refractivity contribution in [3.63, 3.8) is 0 Å². The van der Waals surface area contributed by atoms with Gasteiger partial charge in [-0.15, -0.1) is 0 Å². The lowest BCUT2D eigenvalue weighted by Crippen LogP contribution is -2.61. The maximum atomic E-state index is 6.00. The highest BCUT2D eigenvalue weighted by atomic mass is 15.4. The van der Waals surface area contributed by atoms with E-state index in [-0.39, 0.29) is 11.9 Å². The summed E-state index contributed by atoms with van der Waals surface area (Å²) in [4.78, 5) is 11.8. The molecule has 7 nitrogen and oxygen atoms in total. The predicted octanol–water partition coefficient (Wildman–Crippen LogP) is -1.53. The van der Waals surface area contributed by atoms with Gasteiger partial charge in [0.25, 0.3) is 0 Å². The standard InChI is InChI=1S/C9H13N7/c10-7-14-8(11)16-9(12,15-7)4-6-2-1-3-13-5-6/h1-3,5H,4,12H2,(H5,10,11,14,15,16). The topological polar surface area (TPSA) is 128 Å². The van der Waals surface area contributed by atoms with Crippen LogP contribution in [0.25, 0.3) is 0 Å². The number of nitrogens with zero attached hydrogens (tertiary/aromatic N) is 3. The van der Waals surface area contributed by atoms with Crippen molar-refractivity contribution in [2.45, 2.75) is 12.2 Å². The molecule has 0 saturated heterocycles. The molecule has 0 radical (unpaired) electrons. The molecule has 1 unspecified atom stereocenters. The lowest BCUT2D eigenvalue weighted by molar-refractivity contribution is 0.402. The van der Waals surface area contributed by atoms with Crippen LogP contribution in [0.15, 0.2) is 34.5 Å². The van der Waals surface area contributed by atoms with Crippen LogP contribution in [0, 0.1) is 0 Å². The van der Waals surface area contributed by atoms with E-state index in [0.717, 1.165) is 5.56 Å². The van der Waals surface area contributed by atoms with Gasteiger partial charge in [0.15, 0.2) is 11.7 Å². The van der Waals surface area contributed by atoms with Crippen LogP contribution in [-0.4, -0.2) is 22.7 Å². The van der Waals surface area contributed by atoms with Crippen LogP contribution in [0.3, 0.4) is 0 Å². The maximum Gasteiger partial charge on any atom is 0.222 e. The highest BCUT2D eigenvalue weighted by molar-refractivity contribution is 5.95. The molecule has 0 bridgehead atoms. The Morgan fingerprint density at radius 3 is 2.81 bits per heavy atom. The Hall–Kier alpha value is -2.15. The summed E-state index contributed by atoms with van der Waals surface area (Å²) in [7, 11) is 0. The quantitative estimate of drug-likeness (QED) is 0.479. The minimum Gasteiger partial charge on any atom is -0.369 e. The summed E-state index contributed by atoms with van der Waals surface area (Å²) < 4.78 is 0. The molecular formula is C9H13N7. The number of nitrogens with two attached hydrogens (primary N) is 3. The number of rotatable bonds is 2. The first kappa shape index (κ1) is 10.4. The lowest BCUT2D eigenvalue weighted by atomic mass is 10.1. The van der Waals surface area contributed by atoms with E-state index in [1.54, 1.807) is 12.4 Å². The van der Waals surface area contributed by atoms with Crippen molar-refractivity contribution in [3.05, 3.63) is 30.1 Å². The molecule has 7 N–H and O–H groups in total. The van der Waals surface area contributed by atoms with Crippen LogP contribution < -0.4 is 22.5 Å². The van der Waals surface area contributed by atoms with Crippen LogP contribution in [-0.2, 0) is 6.42 Å². The van der Waals surface area contributed by atoms with Gasteiger partial charge < -0.3 is 16.8 Å². The summed E-state index contributed by atoms with van der Waals surface area (Å²) >= 11 is 0. The Morgan fingerprint density at radius 2 is 2.19 bits per heavy atom. The van der Waals surface area contributed by atoms with Crippen molar-refractivity contribution in [1.82, 2.24) is 10.3 Å². The van der Waals surface area contributed by atoms with Gasteiger partial charge >= 0.3 is 0 Å². The number of aliphatic imine (C=N–C) groups is 2. The molecule has 84 valence electrons. The first-order valence-corrected chi connectivity index (χ1v) is 4.73. The fourth-order valence-corrected chi connectivity index (χ4v) is 1.53. The minimum absolute atomic E-state index is 0.0719. The molecule has 0 amide bonds. The summed E-state index contributed by atoms with van der Waals surface area (Å²) in [6.07, 6.45) is 3.83. The number of hydrogen-bond acceptors (Lipinski definition) is 7. The van der Waals surface area contributed by atoms with Gasteiger partial charge in [-0.2, -0.15) is 4.99 Å². The Kier molecular flexibility index (Phi) is 2.45. The van der Waals surface area contributed by atoms with Crippen LogP contribution in [0.2, 0.25) is 0 Å². The van der Waals surface area contributed by atoms with Crippen molar-refractivity contribution in [1.29, 1.82) is 0 Å². The highest BCUT2D eigenvalue weighted by Crippen LogP contribution is 2.10. The smallest absolute Gasteiger partial charge is 0.222 e. The fourth-order valence-electron chi connectivity index (χ4n) is 1.53. The maximum absolute atomic E-state index is 6.00. The van der Waals surface area contributed by atoms with Crippen molar-refractivity contribution in [2.24, 2.45) is 27.2 Å². The number of hydrogen-bond donors (Lipinski definition) is 4. The third kappa shape index (κ3) is 2.26. The first-order chi connectivity index (χ1) is 7.57. The molecule has 0 aromatic carbocycles. The van der Waals surface area contributed by atoms with Gasteiger partial charge in [-0.25, -0.2) is 4.99 Å². The van der Waals surface area contributed by atoms with E-state index in [1.807, 2.05) is 12.1 Å². The fraction of sp³-hybridized carbons (Fsp3) is 0.222. The number of aromatic nitrogens is 1. The zero-order valence-corrected chi connectivity index (χ0v) is 8.59. The van der Waals surface area contributed by atoms with E-state index in [1.165, 1.54) is 0 Å². The van der Waals surface area contributed by atoms with Gasteiger partial charge in [0.2, 0.25) is 5.96 Å². The van der Waals surface area contributed by atoms with Gasteiger partial charge in [0, 0.05) is 18.8 Å². The summed E-state index contributed by atoms with van der Waals surface area (Å²) in [5.74, 6) is -0.819. The zero-order chi connectivity index (χ0) is 11.6. The van der Waals surface area contributed by atoms with E-state index >= 15 is 0 Å². The molecule has 2 heterocycles. The first-order valence-electron chi connectivity index (χ1n) is 4.73. The second-order valence-electron chi connectivity index (χ2n) is 3.55. The molecule has 0 fully saturated rings. The summed E-state index contributed by atoms with van der Waals surface area (Å²) in [5.41, 5.74) is 18.0. The Bertz CT molecular complexity index is 438. The molecule has 2 rings (SSSR count). The average Bonchev–Trinajstić information content (AvgIpc) is 2.15. The molecule has 1 aliphatic rings. The van der Waals surface area contributed by atoms with Crippen LogP contribution in [0.5, 0.6) is 0 Å². The van der Waals surface area contributed by atoms with E-state index in [2.05, 4.69) is 20.3 Å². The van der Waals surface area contributed by atoms with Gasteiger partial charge in [-0.05, 0) is 11.6 Å². The molecule has 0 saturated carbocycles. The van der Waals surface area contributed by atoms with Crippen LogP contribution in [0.4, 0.5) is 0 Å². The van der Waals surface area contributed by atoms with E-state index < -0.39 is 5.79 Å². The molecule has 0 aliphatic carbocycles. The third-order valence-corrected chi connectivity index (χ3v) is 2.09. The second-order valence-corrected chi connectivity index (χ2v) is 3.55. The van der Waals surface area contributed by atoms with Gasteiger partial charge in [0.1, 0.15) is 0 Å². The normalized spacial score (nSPS) is 24.3. The molecule has 1 aromatic heterocycles. The molecule has 7 heteroatoms. The van der Waals surface area contributed by atoms with E-state index in [0.29, 0.717) is 6.42 Å². The SMILES string of the molecule is NC1=NC(N)(Cc2cccnc2)NC(N)=N1. The second kappa shape index (κ2) is 3.78. The minimum atomic E-state index is -1.06. The number of guanidine groups is 2. The number of pyridine rings is 1. The molecular weight excluding hydrogens is 206 g/mol. The van der Waals surface area contributed by atoms with Gasteiger partial charge in [0.05, 0.1) is 0 Å². The average molecular weight is 219 g/mol. The molecule has 1 aromatic rings. The molecule has 1 atom stereocenters. The van der Waals surface area contributed by atoms with Crippen molar-refractivity contribution >= 4 is 11.9 Å². The van der Waals surface area contributed by atoms with Crippen molar-refractivity contribution < 1.29 is 0 Å². The van der Waals surface area contributed by atoms with E-state index in [4.69, 9.17) is 17.2 Å². The van der Waals surface area contributed by atoms with Gasteiger partial charge in [-0.1, -0.05) is 6.07 Å². The van der Waals surface area contributed by atoms with Crippen molar-refractivity contribution in [3.8, 4) is 0 Å². The third-order valence-electron chi connectivity index (χ3n) is 2.09. The summed E-state index contributed by atoms with van der Waals surface area (Å²) in [6.45, 7) is 0. The van der Waals surface area contributed by atoms with Crippen LogP contribution >= 0.6 is 0 Å². The summed E-state index contributed by atoms with van der Waals surface area (Å²) in [5, 5.41) is 2.78. The summed E-state index contributed by atoms with van der Waals surface area (Å²) in [6, 6.07) is 3.73. The molecule has 16 heavy (non-hydrogen) atoms. The Labute approximate surface area is 92.5 Å². The largest absolute Gasteiger partial charge is 0.369 e. The lowest BCUT2D eigenvalue weighted by Gasteiger charge is -2.29. The Balaban J connectivity index is 2.19.